The lowest BCUT2D eigenvalue weighted by Gasteiger charge is -2.22. The summed E-state index contributed by atoms with van der Waals surface area (Å²) in [5.74, 6) is -0.434. The Morgan fingerprint density at radius 1 is 1.11 bits per heavy atom. The van der Waals surface area contributed by atoms with Gasteiger partial charge in [-0.2, -0.15) is 0 Å². The minimum atomic E-state index is -0.194. The van der Waals surface area contributed by atoms with Crippen LogP contribution in [-0.2, 0) is 9.59 Å². The minimum absolute atomic E-state index is 0.0463. The monoisotopic (exact) mass is 257 g/mol. The summed E-state index contributed by atoms with van der Waals surface area (Å²) in [6.07, 6.45) is 4.08. The van der Waals surface area contributed by atoms with Crippen molar-refractivity contribution in [3.05, 3.63) is 35.3 Å². The predicted molar refractivity (Wildman–Crippen MR) is 69.9 cm³/mol. The Morgan fingerprint density at radius 3 is 2.47 bits per heavy atom. The van der Waals surface area contributed by atoms with E-state index in [1.54, 1.807) is 12.5 Å². The summed E-state index contributed by atoms with van der Waals surface area (Å²) in [7, 11) is 0. The molecule has 0 aromatic carbocycles. The Bertz CT molecular complexity index is 625. The second-order valence-corrected chi connectivity index (χ2v) is 5.12. The van der Waals surface area contributed by atoms with Gasteiger partial charge in [0, 0.05) is 24.3 Å². The molecule has 98 valence electrons. The van der Waals surface area contributed by atoms with Crippen molar-refractivity contribution >= 4 is 11.8 Å². The topological polar surface area (TPSA) is 59.3 Å². The van der Waals surface area contributed by atoms with Gasteiger partial charge in [0.25, 0.3) is 0 Å². The first-order valence-electron chi connectivity index (χ1n) is 6.35. The first kappa shape index (κ1) is 12.0. The molecule has 2 aliphatic heterocycles. The zero-order valence-corrected chi connectivity index (χ0v) is 10.9. The molecule has 2 heterocycles. The average molecular weight is 257 g/mol. The van der Waals surface area contributed by atoms with Crippen molar-refractivity contribution in [2.75, 3.05) is 0 Å². The van der Waals surface area contributed by atoms with Crippen LogP contribution >= 0.6 is 0 Å². The maximum absolute atomic E-state index is 11.6. The molecule has 0 unspecified atom stereocenters. The molecule has 0 saturated carbocycles. The van der Waals surface area contributed by atoms with Crippen LogP contribution in [-0.4, -0.2) is 11.8 Å². The van der Waals surface area contributed by atoms with Gasteiger partial charge in [-0.3, -0.25) is 14.9 Å². The number of fused-ring (bicyclic) bond motifs is 1. The molecular formula is C15H15NO3. The molecule has 1 fully saturated rings. The number of rotatable bonds is 1. The van der Waals surface area contributed by atoms with E-state index in [4.69, 9.17) is 4.42 Å². The van der Waals surface area contributed by atoms with Crippen LogP contribution in [0.1, 0.15) is 35.4 Å². The standard InChI is InChI=1S/C15H15NO3/c1-8-9(2)15(12-7-19-4-3-11(8)12)10-5-13(17)16-14(18)6-10/h3-4,7,10H,5-6H2,1-2H3,(H,16,17,18). The van der Waals surface area contributed by atoms with Crippen LogP contribution in [0.4, 0.5) is 0 Å². The van der Waals surface area contributed by atoms with Gasteiger partial charge in [-0.25, -0.2) is 0 Å². The first-order chi connectivity index (χ1) is 9.08. The van der Waals surface area contributed by atoms with E-state index < -0.39 is 0 Å². The maximum atomic E-state index is 11.6. The van der Waals surface area contributed by atoms with Crippen LogP contribution in [0.5, 0.6) is 0 Å². The van der Waals surface area contributed by atoms with Gasteiger partial charge in [-0.15, -0.1) is 0 Å². The summed E-state index contributed by atoms with van der Waals surface area (Å²) in [5, 5.41) is 2.35. The van der Waals surface area contributed by atoms with Crippen LogP contribution in [0.15, 0.2) is 23.0 Å². The summed E-state index contributed by atoms with van der Waals surface area (Å²) in [4.78, 5) is 23.1. The average Bonchev–Trinajstić information content (AvgIpc) is 2.61. The van der Waals surface area contributed by atoms with E-state index >= 15 is 0 Å². The first-order valence-corrected chi connectivity index (χ1v) is 6.35. The van der Waals surface area contributed by atoms with Crippen molar-refractivity contribution < 1.29 is 14.0 Å². The van der Waals surface area contributed by atoms with Crippen LogP contribution in [0.3, 0.4) is 0 Å². The second kappa shape index (κ2) is 4.23. The summed E-state index contributed by atoms with van der Waals surface area (Å²) in [5.41, 5.74) is 5.59. The molecule has 0 bridgehead atoms. The zero-order valence-electron chi connectivity index (χ0n) is 10.9. The molecule has 0 spiro atoms. The molecule has 2 amide bonds. The van der Waals surface area contributed by atoms with E-state index in [1.807, 2.05) is 13.0 Å². The molecule has 1 N–H and O–H groups in total. The third-order valence-electron chi connectivity index (χ3n) is 4.00. The van der Waals surface area contributed by atoms with Crippen molar-refractivity contribution in [1.29, 1.82) is 0 Å². The quantitative estimate of drug-likeness (QED) is 0.798. The van der Waals surface area contributed by atoms with Crippen molar-refractivity contribution in [2.24, 2.45) is 0 Å². The van der Waals surface area contributed by atoms with E-state index in [0.717, 1.165) is 22.3 Å². The number of nitrogens with one attached hydrogen (secondary N) is 1. The van der Waals surface area contributed by atoms with E-state index in [2.05, 4.69) is 12.2 Å². The highest BCUT2D eigenvalue weighted by Crippen LogP contribution is 2.42. The molecule has 4 nitrogen and oxygen atoms in total. The number of amides is 2. The van der Waals surface area contributed by atoms with E-state index in [1.165, 1.54) is 5.56 Å². The molecule has 0 radical (unpaired) electrons. The highest BCUT2D eigenvalue weighted by molar-refractivity contribution is 5.99. The van der Waals surface area contributed by atoms with Crippen LogP contribution in [0.2, 0.25) is 0 Å². The Balaban J connectivity index is 2.13. The largest absolute Gasteiger partial charge is 0.472 e. The number of carbonyl (C=O) groups excluding carboxylic acids is 2. The van der Waals surface area contributed by atoms with Gasteiger partial charge in [0.05, 0.1) is 12.5 Å². The number of piperidine rings is 1. The SMILES string of the molecule is Cc1c2ccocc-2c(C2CC(=O)NC(=O)C2)c1C. The third kappa shape index (κ3) is 1.84. The summed E-state index contributed by atoms with van der Waals surface area (Å²) in [6.45, 7) is 4.10. The summed E-state index contributed by atoms with van der Waals surface area (Å²) >= 11 is 0. The van der Waals surface area contributed by atoms with Crippen LogP contribution < -0.4 is 5.32 Å². The van der Waals surface area contributed by atoms with Crippen molar-refractivity contribution in [2.45, 2.75) is 32.6 Å². The van der Waals surface area contributed by atoms with Crippen molar-refractivity contribution in [3.8, 4) is 11.1 Å². The molecule has 0 atom stereocenters. The fourth-order valence-electron chi connectivity index (χ4n) is 3.02. The van der Waals surface area contributed by atoms with Gasteiger partial charge >= 0.3 is 0 Å². The molecule has 1 aliphatic carbocycles. The summed E-state index contributed by atoms with van der Waals surface area (Å²) < 4.78 is 5.26. The molecule has 19 heavy (non-hydrogen) atoms. The molecular weight excluding hydrogens is 242 g/mol. The molecule has 3 rings (SSSR count). The van der Waals surface area contributed by atoms with Gasteiger partial charge in [0.1, 0.15) is 0 Å². The molecule has 1 saturated heterocycles. The smallest absolute Gasteiger partial charge is 0.227 e. The zero-order chi connectivity index (χ0) is 13.6. The third-order valence-corrected chi connectivity index (χ3v) is 4.00. The predicted octanol–water partition coefficient (Wildman–Crippen LogP) is 2.52. The number of hydrogen-bond acceptors (Lipinski definition) is 3. The van der Waals surface area contributed by atoms with Gasteiger partial charge < -0.3 is 4.42 Å². The van der Waals surface area contributed by atoms with E-state index in [-0.39, 0.29) is 17.7 Å². The number of carbonyl (C=O) groups is 2. The Hall–Kier alpha value is -2.10. The highest BCUT2D eigenvalue weighted by atomic mass is 16.3. The maximum Gasteiger partial charge on any atom is 0.227 e. The molecule has 4 heteroatoms. The fourth-order valence-corrected chi connectivity index (χ4v) is 3.02. The summed E-state index contributed by atoms with van der Waals surface area (Å²) in [6, 6.07) is 1.94. The Morgan fingerprint density at radius 2 is 1.79 bits per heavy atom. The molecule has 3 aliphatic rings. The number of hydrogen-bond donors (Lipinski definition) is 1. The molecule has 0 aromatic heterocycles. The van der Waals surface area contributed by atoms with E-state index in [0.29, 0.717) is 12.8 Å². The van der Waals surface area contributed by atoms with Gasteiger partial charge in [0.2, 0.25) is 11.8 Å². The van der Waals surface area contributed by atoms with Gasteiger partial charge in [-0.1, -0.05) is 0 Å². The van der Waals surface area contributed by atoms with Crippen LogP contribution in [0.25, 0.3) is 11.1 Å². The van der Waals surface area contributed by atoms with Gasteiger partial charge in [-0.05, 0) is 42.2 Å². The molecule has 0 aromatic rings. The highest BCUT2D eigenvalue weighted by Gasteiger charge is 2.31. The minimum Gasteiger partial charge on any atom is -0.472 e. The van der Waals surface area contributed by atoms with Crippen molar-refractivity contribution in [3.63, 3.8) is 0 Å². The van der Waals surface area contributed by atoms with Crippen LogP contribution in [0, 0.1) is 13.8 Å². The fraction of sp³-hybridized carbons (Fsp3) is 0.333. The second-order valence-electron chi connectivity index (χ2n) is 5.12. The Kier molecular flexibility index (Phi) is 2.66. The lowest BCUT2D eigenvalue weighted by atomic mass is 9.86. The van der Waals surface area contributed by atoms with E-state index in [9.17, 15) is 9.59 Å². The Labute approximate surface area is 111 Å². The van der Waals surface area contributed by atoms with Gasteiger partial charge in [0.15, 0.2) is 0 Å². The normalized spacial score (nSPS) is 16.9. The lowest BCUT2D eigenvalue weighted by Crippen LogP contribution is -2.37. The lowest BCUT2D eigenvalue weighted by molar-refractivity contribution is -0.133. The number of imide groups is 1. The van der Waals surface area contributed by atoms with Crippen molar-refractivity contribution in [1.82, 2.24) is 5.32 Å².